The third-order valence-electron chi connectivity index (χ3n) is 3.53. The molecule has 1 atom stereocenters. The summed E-state index contributed by atoms with van der Waals surface area (Å²) >= 11 is 0. The Morgan fingerprint density at radius 1 is 1.44 bits per heavy atom. The molecule has 2 nitrogen and oxygen atoms in total. The zero-order valence-corrected chi connectivity index (χ0v) is 10.2. The van der Waals surface area contributed by atoms with Gasteiger partial charge in [-0.15, -0.1) is 0 Å². The summed E-state index contributed by atoms with van der Waals surface area (Å²) < 4.78 is 4.77. The number of carbonyl (C=O) groups is 1. The van der Waals surface area contributed by atoms with E-state index in [2.05, 4.69) is 32.0 Å². The third-order valence-corrected chi connectivity index (χ3v) is 3.53. The Balaban J connectivity index is 2.21. The fraction of sp³-hybridized carbons (Fsp3) is 0.500. The molecule has 0 heterocycles. The minimum atomic E-state index is -0.104. The maximum absolute atomic E-state index is 11.4. The predicted octanol–water partition coefficient (Wildman–Crippen LogP) is 2.66. The summed E-state index contributed by atoms with van der Waals surface area (Å²) in [5.74, 6) is -0.104. The maximum Gasteiger partial charge on any atom is 0.306 e. The van der Waals surface area contributed by atoms with Crippen molar-refractivity contribution in [3.63, 3.8) is 0 Å². The number of rotatable bonds is 2. The molecule has 1 aliphatic rings. The SMILES string of the molecule is COC(=O)CC1(C)Cc2cccc(C)c2C1. The lowest BCUT2D eigenvalue weighted by Gasteiger charge is -2.21. The van der Waals surface area contributed by atoms with Crippen molar-refractivity contribution in [3.8, 4) is 0 Å². The van der Waals surface area contributed by atoms with Crippen LogP contribution in [0.5, 0.6) is 0 Å². The Hall–Kier alpha value is -1.31. The van der Waals surface area contributed by atoms with Gasteiger partial charge in [0.25, 0.3) is 0 Å². The van der Waals surface area contributed by atoms with Gasteiger partial charge in [0.15, 0.2) is 0 Å². The zero-order valence-electron chi connectivity index (χ0n) is 10.2. The van der Waals surface area contributed by atoms with Crippen molar-refractivity contribution >= 4 is 5.97 Å². The lowest BCUT2D eigenvalue weighted by atomic mass is 9.83. The van der Waals surface area contributed by atoms with Crippen molar-refractivity contribution in [3.05, 3.63) is 34.9 Å². The van der Waals surface area contributed by atoms with Crippen molar-refractivity contribution in [1.29, 1.82) is 0 Å². The van der Waals surface area contributed by atoms with Crippen molar-refractivity contribution in [2.75, 3.05) is 7.11 Å². The molecule has 0 fully saturated rings. The number of esters is 1. The van der Waals surface area contributed by atoms with E-state index in [1.165, 1.54) is 23.8 Å². The van der Waals surface area contributed by atoms with Gasteiger partial charge in [-0.3, -0.25) is 4.79 Å². The molecule has 86 valence electrons. The Morgan fingerprint density at radius 2 is 2.19 bits per heavy atom. The van der Waals surface area contributed by atoms with E-state index in [1.807, 2.05) is 0 Å². The molecule has 0 aromatic heterocycles. The van der Waals surface area contributed by atoms with Crippen LogP contribution >= 0.6 is 0 Å². The van der Waals surface area contributed by atoms with Crippen LogP contribution in [0.2, 0.25) is 0 Å². The highest BCUT2D eigenvalue weighted by Gasteiger charge is 2.35. The molecule has 0 aliphatic heterocycles. The number of benzene rings is 1. The van der Waals surface area contributed by atoms with E-state index in [0.717, 1.165) is 12.8 Å². The first-order chi connectivity index (χ1) is 7.54. The summed E-state index contributed by atoms with van der Waals surface area (Å²) in [4.78, 5) is 11.4. The standard InChI is InChI=1S/C14H18O2/c1-10-5-4-6-11-7-14(2,8-12(10)11)9-13(15)16-3/h4-6H,7-9H2,1-3H3. The number of carbonyl (C=O) groups excluding carboxylic acids is 1. The van der Waals surface area contributed by atoms with Gasteiger partial charge in [-0.2, -0.15) is 0 Å². The topological polar surface area (TPSA) is 26.3 Å². The van der Waals surface area contributed by atoms with Gasteiger partial charge < -0.3 is 4.74 Å². The van der Waals surface area contributed by atoms with E-state index in [1.54, 1.807) is 0 Å². The van der Waals surface area contributed by atoms with Gasteiger partial charge in [0.05, 0.1) is 13.5 Å². The first-order valence-electron chi connectivity index (χ1n) is 5.68. The highest BCUT2D eigenvalue weighted by atomic mass is 16.5. The van der Waals surface area contributed by atoms with E-state index in [0.29, 0.717) is 6.42 Å². The molecule has 0 spiro atoms. The molecule has 0 N–H and O–H groups in total. The lowest BCUT2D eigenvalue weighted by molar-refractivity contribution is -0.143. The Morgan fingerprint density at radius 3 is 2.81 bits per heavy atom. The molecule has 0 radical (unpaired) electrons. The van der Waals surface area contributed by atoms with E-state index >= 15 is 0 Å². The van der Waals surface area contributed by atoms with Crippen LogP contribution in [-0.2, 0) is 22.4 Å². The predicted molar refractivity (Wildman–Crippen MR) is 63.3 cm³/mol. The number of fused-ring (bicyclic) bond motifs is 1. The quantitative estimate of drug-likeness (QED) is 0.713. The molecule has 1 aromatic rings. The van der Waals surface area contributed by atoms with Crippen LogP contribution in [0.15, 0.2) is 18.2 Å². The molecule has 1 aliphatic carbocycles. The van der Waals surface area contributed by atoms with E-state index < -0.39 is 0 Å². The Labute approximate surface area is 96.6 Å². The van der Waals surface area contributed by atoms with Crippen molar-refractivity contribution in [1.82, 2.24) is 0 Å². The molecule has 1 aromatic carbocycles. The normalized spacial score (nSPS) is 22.9. The lowest BCUT2D eigenvalue weighted by Crippen LogP contribution is -2.22. The van der Waals surface area contributed by atoms with Gasteiger partial charge in [0.2, 0.25) is 0 Å². The molecule has 0 saturated heterocycles. The minimum Gasteiger partial charge on any atom is -0.469 e. The molecular formula is C14H18O2. The second kappa shape index (κ2) is 3.93. The van der Waals surface area contributed by atoms with Crippen LogP contribution in [-0.4, -0.2) is 13.1 Å². The van der Waals surface area contributed by atoms with Gasteiger partial charge in [-0.25, -0.2) is 0 Å². The highest BCUT2D eigenvalue weighted by Crippen LogP contribution is 2.40. The Bertz CT molecular complexity index is 423. The molecule has 2 rings (SSSR count). The molecule has 2 heteroatoms. The molecular weight excluding hydrogens is 200 g/mol. The second-order valence-corrected chi connectivity index (χ2v) is 5.13. The van der Waals surface area contributed by atoms with E-state index in [9.17, 15) is 4.79 Å². The number of hydrogen-bond donors (Lipinski definition) is 0. The molecule has 1 unspecified atom stereocenters. The van der Waals surface area contributed by atoms with Crippen LogP contribution in [0, 0.1) is 12.3 Å². The molecule has 16 heavy (non-hydrogen) atoms. The van der Waals surface area contributed by atoms with Crippen LogP contribution in [0.1, 0.15) is 30.0 Å². The summed E-state index contributed by atoms with van der Waals surface area (Å²) in [6, 6.07) is 6.41. The largest absolute Gasteiger partial charge is 0.469 e. The third kappa shape index (κ3) is 1.97. The average molecular weight is 218 g/mol. The van der Waals surface area contributed by atoms with E-state index in [-0.39, 0.29) is 11.4 Å². The van der Waals surface area contributed by atoms with Gasteiger partial charge in [0, 0.05) is 0 Å². The summed E-state index contributed by atoms with van der Waals surface area (Å²) in [6.45, 7) is 4.31. The molecule has 0 amide bonds. The number of methoxy groups -OCH3 is 1. The van der Waals surface area contributed by atoms with Gasteiger partial charge in [0.1, 0.15) is 0 Å². The highest BCUT2D eigenvalue weighted by molar-refractivity contribution is 5.70. The van der Waals surface area contributed by atoms with E-state index in [4.69, 9.17) is 4.74 Å². The number of hydrogen-bond acceptors (Lipinski definition) is 2. The van der Waals surface area contributed by atoms with Crippen molar-refractivity contribution in [2.45, 2.75) is 33.1 Å². The molecule has 0 saturated carbocycles. The monoisotopic (exact) mass is 218 g/mol. The number of ether oxygens (including phenoxy) is 1. The number of aryl methyl sites for hydroxylation is 1. The Kier molecular flexibility index (Phi) is 2.75. The van der Waals surface area contributed by atoms with Crippen LogP contribution < -0.4 is 0 Å². The second-order valence-electron chi connectivity index (χ2n) is 5.13. The summed E-state index contributed by atoms with van der Waals surface area (Å²) in [6.07, 6.45) is 2.49. The van der Waals surface area contributed by atoms with Gasteiger partial charge in [-0.1, -0.05) is 25.1 Å². The van der Waals surface area contributed by atoms with Gasteiger partial charge in [-0.05, 0) is 41.9 Å². The van der Waals surface area contributed by atoms with Gasteiger partial charge >= 0.3 is 5.97 Å². The minimum absolute atomic E-state index is 0.0432. The average Bonchev–Trinajstić information content (AvgIpc) is 2.56. The first-order valence-corrected chi connectivity index (χ1v) is 5.68. The summed E-state index contributed by atoms with van der Waals surface area (Å²) in [7, 11) is 1.46. The van der Waals surface area contributed by atoms with Crippen LogP contribution in [0.25, 0.3) is 0 Å². The van der Waals surface area contributed by atoms with Crippen molar-refractivity contribution in [2.24, 2.45) is 5.41 Å². The van der Waals surface area contributed by atoms with Crippen LogP contribution in [0.4, 0.5) is 0 Å². The fourth-order valence-corrected chi connectivity index (χ4v) is 2.68. The zero-order chi connectivity index (χ0) is 11.8. The maximum atomic E-state index is 11.4. The smallest absolute Gasteiger partial charge is 0.306 e. The molecule has 0 bridgehead atoms. The van der Waals surface area contributed by atoms with Crippen LogP contribution in [0.3, 0.4) is 0 Å². The summed E-state index contributed by atoms with van der Waals surface area (Å²) in [5.41, 5.74) is 4.20. The fourth-order valence-electron chi connectivity index (χ4n) is 2.68. The van der Waals surface area contributed by atoms with Crippen molar-refractivity contribution < 1.29 is 9.53 Å². The first kappa shape index (κ1) is 11.2. The summed E-state index contributed by atoms with van der Waals surface area (Å²) in [5, 5.41) is 0.